The van der Waals surface area contributed by atoms with Gasteiger partial charge in [0.2, 0.25) is 0 Å². The fourth-order valence-electron chi connectivity index (χ4n) is 1.79. The van der Waals surface area contributed by atoms with Crippen LogP contribution in [0.3, 0.4) is 0 Å². The van der Waals surface area contributed by atoms with E-state index in [1.165, 1.54) is 5.57 Å². The Morgan fingerprint density at radius 1 is 1.43 bits per heavy atom. The lowest BCUT2D eigenvalue weighted by atomic mass is 10.0. The van der Waals surface area contributed by atoms with Gasteiger partial charge in [-0.15, -0.1) is 0 Å². The molecule has 1 heterocycles. The summed E-state index contributed by atoms with van der Waals surface area (Å²) in [5, 5.41) is 0. The van der Waals surface area contributed by atoms with Gasteiger partial charge in [-0.3, -0.25) is 0 Å². The molecular formula is C11H21NOS. The molecule has 0 aromatic rings. The molecule has 1 atom stereocenters. The van der Waals surface area contributed by atoms with Gasteiger partial charge in [0.15, 0.2) is 0 Å². The normalized spacial score (nSPS) is 25.4. The molecule has 0 amide bonds. The second-order valence-corrected chi connectivity index (χ2v) is 7.80. The Labute approximate surface area is 90.0 Å². The predicted octanol–water partition coefficient (Wildman–Crippen LogP) is 2.49. The Morgan fingerprint density at radius 3 is 2.21 bits per heavy atom. The zero-order chi connectivity index (χ0) is 11.1. The van der Waals surface area contributed by atoms with Gasteiger partial charge in [0.05, 0.1) is 4.75 Å². The molecule has 0 N–H and O–H groups in total. The molecule has 1 aliphatic rings. The second-order valence-electron chi connectivity index (χ2n) is 5.64. The van der Waals surface area contributed by atoms with Gasteiger partial charge in [-0.1, -0.05) is 12.2 Å². The quantitative estimate of drug-likeness (QED) is 0.615. The van der Waals surface area contributed by atoms with Crippen LogP contribution in [-0.4, -0.2) is 25.3 Å². The molecule has 1 unspecified atom stereocenters. The van der Waals surface area contributed by atoms with E-state index in [4.69, 9.17) is 0 Å². The zero-order valence-electron chi connectivity index (χ0n) is 9.89. The topological polar surface area (TPSA) is 20.3 Å². The number of hydrogen-bond donors (Lipinski definition) is 0. The van der Waals surface area contributed by atoms with E-state index in [0.29, 0.717) is 0 Å². The van der Waals surface area contributed by atoms with Gasteiger partial charge in [-0.25, -0.2) is 8.51 Å². The van der Waals surface area contributed by atoms with Crippen LogP contribution in [0.1, 0.15) is 41.0 Å². The van der Waals surface area contributed by atoms with E-state index in [9.17, 15) is 4.21 Å². The molecule has 1 fully saturated rings. The second kappa shape index (κ2) is 3.46. The van der Waals surface area contributed by atoms with Crippen molar-refractivity contribution in [3.63, 3.8) is 0 Å². The molecule has 0 aliphatic carbocycles. The van der Waals surface area contributed by atoms with Crippen molar-refractivity contribution in [2.24, 2.45) is 0 Å². The zero-order valence-corrected chi connectivity index (χ0v) is 10.7. The maximum atomic E-state index is 12.2. The lowest BCUT2D eigenvalue weighted by molar-refractivity contribution is 0.301. The highest BCUT2D eigenvalue weighted by Crippen LogP contribution is 2.35. The average Bonchev–Trinajstić information content (AvgIpc) is 2.20. The monoisotopic (exact) mass is 215 g/mol. The first-order chi connectivity index (χ1) is 6.14. The van der Waals surface area contributed by atoms with Crippen LogP contribution in [0.4, 0.5) is 0 Å². The van der Waals surface area contributed by atoms with E-state index in [0.717, 1.165) is 13.0 Å². The van der Waals surface area contributed by atoms with Gasteiger partial charge in [0.25, 0.3) is 0 Å². The van der Waals surface area contributed by atoms with Crippen LogP contribution in [0.15, 0.2) is 12.2 Å². The molecule has 2 nitrogen and oxygen atoms in total. The predicted molar refractivity (Wildman–Crippen MR) is 62.4 cm³/mol. The number of nitrogens with zero attached hydrogens (tertiary/aromatic N) is 1. The van der Waals surface area contributed by atoms with Gasteiger partial charge in [-0.2, -0.15) is 0 Å². The molecule has 0 spiro atoms. The first-order valence-corrected chi connectivity index (χ1v) is 6.11. The van der Waals surface area contributed by atoms with Crippen molar-refractivity contribution in [3.05, 3.63) is 12.2 Å². The molecule has 3 heteroatoms. The Morgan fingerprint density at radius 2 is 1.93 bits per heavy atom. The number of rotatable bonds is 1. The minimum atomic E-state index is -0.930. The summed E-state index contributed by atoms with van der Waals surface area (Å²) in [6, 6.07) is 0. The maximum Gasteiger partial charge on any atom is 0.101 e. The number of hydrogen-bond acceptors (Lipinski definition) is 1. The van der Waals surface area contributed by atoms with Crippen LogP contribution in [0, 0.1) is 0 Å². The molecule has 14 heavy (non-hydrogen) atoms. The average molecular weight is 215 g/mol. The van der Waals surface area contributed by atoms with Gasteiger partial charge in [0, 0.05) is 12.1 Å². The summed E-state index contributed by atoms with van der Waals surface area (Å²) in [5.41, 5.74) is 1.18. The third-order valence-electron chi connectivity index (χ3n) is 2.45. The highest BCUT2D eigenvalue weighted by Gasteiger charge is 2.41. The van der Waals surface area contributed by atoms with Crippen LogP contribution >= 0.6 is 0 Å². The summed E-state index contributed by atoms with van der Waals surface area (Å²) in [6.07, 6.45) is 0.953. The van der Waals surface area contributed by atoms with Crippen molar-refractivity contribution in [1.82, 2.24) is 4.31 Å². The molecular weight excluding hydrogens is 194 g/mol. The van der Waals surface area contributed by atoms with E-state index in [1.54, 1.807) is 0 Å². The van der Waals surface area contributed by atoms with Crippen molar-refractivity contribution in [2.45, 2.75) is 51.3 Å². The first-order valence-electron chi connectivity index (χ1n) is 5.01. The third-order valence-corrected chi connectivity index (χ3v) is 4.52. The molecule has 0 bridgehead atoms. The Hall–Kier alpha value is -0.150. The molecule has 82 valence electrons. The summed E-state index contributed by atoms with van der Waals surface area (Å²) in [7, 11) is -0.930. The molecule has 0 aromatic heterocycles. The van der Waals surface area contributed by atoms with E-state index >= 15 is 0 Å². The Balaban J connectivity index is 2.89. The van der Waals surface area contributed by atoms with Crippen LogP contribution in [0.25, 0.3) is 0 Å². The first kappa shape index (κ1) is 11.9. The summed E-state index contributed by atoms with van der Waals surface area (Å²) in [6.45, 7) is 15.1. The molecule has 0 radical (unpaired) electrons. The molecule has 0 saturated carbocycles. The molecule has 0 aromatic carbocycles. The largest absolute Gasteiger partial charge is 0.242 e. The van der Waals surface area contributed by atoms with E-state index < -0.39 is 11.0 Å². The fraction of sp³-hybridized carbons (Fsp3) is 0.818. The van der Waals surface area contributed by atoms with Crippen molar-refractivity contribution in [3.8, 4) is 0 Å². The lowest BCUT2D eigenvalue weighted by Crippen LogP contribution is -2.45. The minimum Gasteiger partial charge on any atom is -0.242 e. The van der Waals surface area contributed by atoms with Gasteiger partial charge in [0.1, 0.15) is 11.0 Å². The Kier molecular flexibility index (Phi) is 2.94. The summed E-state index contributed by atoms with van der Waals surface area (Å²) >= 11 is 0. The smallest absolute Gasteiger partial charge is 0.101 e. The van der Waals surface area contributed by atoms with Crippen molar-refractivity contribution >= 4 is 11.0 Å². The standard InChI is InChI=1S/C11H21NOS/c1-9-7-11(5,6)12(8-9)14(13)10(2,3)4/h1,7-8H2,2-6H3. The van der Waals surface area contributed by atoms with Gasteiger partial charge in [-0.05, 0) is 41.0 Å². The van der Waals surface area contributed by atoms with Crippen molar-refractivity contribution in [1.29, 1.82) is 0 Å². The van der Waals surface area contributed by atoms with E-state index in [-0.39, 0.29) is 10.3 Å². The van der Waals surface area contributed by atoms with Gasteiger partial charge < -0.3 is 0 Å². The van der Waals surface area contributed by atoms with Crippen LogP contribution < -0.4 is 0 Å². The van der Waals surface area contributed by atoms with Crippen molar-refractivity contribution in [2.75, 3.05) is 6.54 Å². The lowest BCUT2D eigenvalue weighted by Gasteiger charge is -2.34. The summed E-state index contributed by atoms with van der Waals surface area (Å²) in [4.78, 5) is 0. The van der Waals surface area contributed by atoms with E-state index in [1.807, 2.05) is 20.8 Å². The highest BCUT2D eigenvalue weighted by atomic mass is 32.2. The van der Waals surface area contributed by atoms with E-state index in [2.05, 4.69) is 24.7 Å². The van der Waals surface area contributed by atoms with Gasteiger partial charge >= 0.3 is 0 Å². The Bertz CT molecular complexity index is 276. The molecule has 1 aliphatic heterocycles. The molecule has 1 rings (SSSR count). The minimum absolute atomic E-state index is 0.00474. The SMILES string of the molecule is C=C1CN(S(=O)C(C)(C)C)C(C)(C)C1. The van der Waals surface area contributed by atoms with Crippen molar-refractivity contribution < 1.29 is 4.21 Å². The van der Waals surface area contributed by atoms with Crippen LogP contribution in [0.5, 0.6) is 0 Å². The highest BCUT2D eigenvalue weighted by molar-refractivity contribution is 7.84. The molecule has 1 saturated heterocycles. The summed E-state index contributed by atoms with van der Waals surface area (Å²) in [5.74, 6) is 0. The van der Waals surface area contributed by atoms with Crippen LogP contribution in [-0.2, 0) is 11.0 Å². The fourth-order valence-corrected chi connectivity index (χ4v) is 3.26. The summed E-state index contributed by atoms with van der Waals surface area (Å²) < 4.78 is 14.1. The van der Waals surface area contributed by atoms with Crippen LogP contribution in [0.2, 0.25) is 0 Å². The maximum absolute atomic E-state index is 12.2. The third kappa shape index (κ3) is 2.26.